The Kier molecular flexibility index (Phi) is 7.30. The van der Waals surface area contributed by atoms with Gasteiger partial charge in [0.15, 0.2) is 12.2 Å². The van der Waals surface area contributed by atoms with E-state index >= 15 is 0 Å². The predicted molar refractivity (Wildman–Crippen MR) is 123 cm³/mol. The zero-order valence-corrected chi connectivity index (χ0v) is 19.5. The summed E-state index contributed by atoms with van der Waals surface area (Å²) in [6.45, 7) is 3.67. The molecule has 4 rings (SSSR count). The molecule has 3 heterocycles. The first-order chi connectivity index (χ1) is 16.4. The molecule has 9 nitrogen and oxygen atoms in total. The molecule has 34 heavy (non-hydrogen) atoms. The number of halogens is 1. The number of carbonyl (C=O) groups is 1. The van der Waals surface area contributed by atoms with E-state index in [0.717, 1.165) is 13.0 Å². The van der Waals surface area contributed by atoms with E-state index in [1.807, 2.05) is 21.0 Å². The summed E-state index contributed by atoms with van der Waals surface area (Å²) < 4.78 is 25.3. The summed E-state index contributed by atoms with van der Waals surface area (Å²) in [6.07, 6.45) is 4.22. The number of amides is 1. The summed E-state index contributed by atoms with van der Waals surface area (Å²) in [7, 11) is 3.99. The van der Waals surface area contributed by atoms with Crippen molar-refractivity contribution in [2.24, 2.45) is 5.41 Å². The van der Waals surface area contributed by atoms with Crippen LogP contribution < -0.4 is 5.32 Å². The number of nitrogens with zero attached hydrogens (tertiary/aromatic N) is 4. The standard InChI is InChI=1S/C24H28FN6O3/c1-24(23(32)27-10-4-12-31(2)3)13-33-22(34-14-24)21-29-19(16-5-7-17(25)8-6-16)20(30-21)18-9-11-26-15-28-18/h5-9,11,22H,4,10,12-14H2,1-3H3,(H,27,32)(H,29,30). The number of hydrogen-bond acceptors (Lipinski definition) is 7. The van der Waals surface area contributed by atoms with Crippen molar-refractivity contribution in [3.63, 3.8) is 0 Å². The highest BCUT2D eigenvalue weighted by Crippen LogP contribution is 2.35. The van der Waals surface area contributed by atoms with E-state index in [0.29, 0.717) is 35.0 Å². The molecular weight excluding hydrogens is 439 g/mol. The van der Waals surface area contributed by atoms with Gasteiger partial charge in [0.2, 0.25) is 12.2 Å². The van der Waals surface area contributed by atoms with Crippen LogP contribution in [0.5, 0.6) is 0 Å². The van der Waals surface area contributed by atoms with Gasteiger partial charge >= 0.3 is 0 Å². The molecular formula is C24H28FN6O3. The average molecular weight is 468 g/mol. The minimum atomic E-state index is -0.800. The van der Waals surface area contributed by atoms with Crippen LogP contribution in [0, 0.1) is 17.6 Å². The fourth-order valence-electron chi connectivity index (χ4n) is 3.61. The lowest BCUT2D eigenvalue weighted by Crippen LogP contribution is -2.49. The van der Waals surface area contributed by atoms with Crippen molar-refractivity contribution in [3.05, 3.63) is 54.5 Å². The van der Waals surface area contributed by atoms with E-state index in [1.165, 1.54) is 12.1 Å². The van der Waals surface area contributed by atoms with Crippen LogP contribution in [-0.2, 0) is 14.3 Å². The molecule has 0 bridgehead atoms. The van der Waals surface area contributed by atoms with Crippen LogP contribution in [0.3, 0.4) is 0 Å². The monoisotopic (exact) mass is 467 g/mol. The highest BCUT2D eigenvalue weighted by atomic mass is 19.1. The maximum absolute atomic E-state index is 13.5. The van der Waals surface area contributed by atoms with E-state index in [1.54, 1.807) is 24.4 Å². The molecule has 1 saturated heterocycles. The van der Waals surface area contributed by atoms with Gasteiger partial charge in [-0.3, -0.25) is 4.79 Å². The Morgan fingerprint density at radius 1 is 1.26 bits per heavy atom. The van der Waals surface area contributed by atoms with Gasteiger partial charge in [-0.05, 0) is 64.3 Å². The highest BCUT2D eigenvalue weighted by molar-refractivity contribution is 5.82. The Morgan fingerprint density at radius 2 is 2.00 bits per heavy atom. The third-order valence-corrected chi connectivity index (χ3v) is 5.58. The van der Waals surface area contributed by atoms with Crippen LogP contribution in [0.25, 0.3) is 22.6 Å². The first-order valence-electron chi connectivity index (χ1n) is 11.1. The Morgan fingerprint density at radius 3 is 2.65 bits per heavy atom. The van der Waals surface area contributed by atoms with Crippen LogP contribution in [-0.4, -0.2) is 71.1 Å². The first-order valence-corrected chi connectivity index (χ1v) is 11.1. The molecule has 0 saturated carbocycles. The van der Waals surface area contributed by atoms with Crippen molar-refractivity contribution < 1.29 is 18.7 Å². The van der Waals surface area contributed by atoms with Gasteiger partial charge in [0.25, 0.3) is 0 Å². The molecule has 1 fully saturated rings. The van der Waals surface area contributed by atoms with E-state index in [2.05, 4.69) is 36.5 Å². The summed E-state index contributed by atoms with van der Waals surface area (Å²) in [6, 6.07) is 7.75. The van der Waals surface area contributed by atoms with Crippen molar-refractivity contribution in [1.29, 1.82) is 0 Å². The number of imidazole rings is 1. The van der Waals surface area contributed by atoms with Gasteiger partial charge in [-0.2, -0.15) is 0 Å². The zero-order valence-electron chi connectivity index (χ0n) is 19.5. The van der Waals surface area contributed by atoms with E-state index < -0.39 is 11.7 Å². The lowest BCUT2D eigenvalue weighted by atomic mass is 9.91. The molecule has 1 amide bonds. The molecule has 2 aromatic heterocycles. The second-order valence-electron chi connectivity index (χ2n) is 8.82. The van der Waals surface area contributed by atoms with Crippen LogP contribution >= 0.6 is 0 Å². The van der Waals surface area contributed by atoms with Crippen LogP contribution in [0.15, 0.2) is 36.5 Å². The molecule has 10 heteroatoms. The molecule has 0 unspecified atom stereocenters. The van der Waals surface area contributed by atoms with Gasteiger partial charge in [0.05, 0.1) is 35.7 Å². The molecule has 2 N–H and O–H groups in total. The number of carbonyl (C=O) groups excluding carboxylic acids is 1. The number of rotatable bonds is 8. The van der Waals surface area contributed by atoms with Crippen molar-refractivity contribution >= 4 is 5.91 Å². The van der Waals surface area contributed by atoms with Crippen LogP contribution in [0.4, 0.5) is 4.39 Å². The van der Waals surface area contributed by atoms with Crippen molar-refractivity contribution in [2.75, 3.05) is 40.4 Å². The Hall–Kier alpha value is -3.21. The first kappa shape index (κ1) is 23.9. The molecule has 1 radical (unpaired) electrons. The van der Waals surface area contributed by atoms with Crippen molar-refractivity contribution in [3.8, 4) is 22.6 Å². The van der Waals surface area contributed by atoms with E-state index in [4.69, 9.17) is 9.47 Å². The lowest BCUT2D eigenvalue weighted by molar-refractivity contribution is -0.231. The minimum absolute atomic E-state index is 0.103. The Labute approximate surface area is 197 Å². The van der Waals surface area contributed by atoms with E-state index in [9.17, 15) is 9.18 Å². The third-order valence-electron chi connectivity index (χ3n) is 5.58. The van der Waals surface area contributed by atoms with Crippen LogP contribution in [0.2, 0.25) is 0 Å². The minimum Gasteiger partial charge on any atom is -0.355 e. The topological polar surface area (TPSA) is 105 Å². The number of benzene rings is 1. The molecule has 0 aliphatic carbocycles. The summed E-state index contributed by atoms with van der Waals surface area (Å²) in [5, 5.41) is 2.97. The molecule has 1 aromatic carbocycles. The number of ether oxygens (including phenoxy) is 2. The second-order valence-corrected chi connectivity index (χ2v) is 8.82. The second kappa shape index (κ2) is 10.4. The third kappa shape index (κ3) is 5.46. The summed E-state index contributed by atoms with van der Waals surface area (Å²) in [5.41, 5.74) is 1.66. The van der Waals surface area contributed by atoms with Gasteiger partial charge in [-0.25, -0.2) is 19.3 Å². The van der Waals surface area contributed by atoms with Crippen molar-refractivity contribution in [1.82, 2.24) is 30.2 Å². The number of aromatic amines is 1. The zero-order chi connectivity index (χ0) is 24.1. The maximum atomic E-state index is 13.5. The quantitative estimate of drug-likeness (QED) is 0.491. The maximum Gasteiger partial charge on any atom is 0.230 e. The number of H-pyrrole nitrogens is 1. The Bertz CT molecular complexity index is 1100. The summed E-state index contributed by atoms with van der Waals surface area (Å²) in [4.78, 5) is 30.7. The van der Waals surface area contributed by atoms with Crippen LogP contribution in [0.1, 0.15) is 25.5 Å². The average Bonchev–Trinajstić information content (AvgIpc) is 3.28. The molecule has 1 aliphatic heterocycles. The smallest absolute Gasteiger partial charge is 0.230 e. The summed E-state index contributed by atoms with van der Waals surface area (Å²) in [5.74, 6) is -0.00982. The number of hydrogen-bond donors (Lipinski definition) is 2. The molecule has 1 aliphatic rings. The highest BCUT2D eigenvalue weighted by Gasteiger charge is 2.40. The molecule has 0 spiro atoms. The van der Waals surface area contributed by atoms with Gasteiger partial charge in [-0.15, -0.1) is 0 Å². The largest absolute Gasteiger partial charge is 0.355 e. The lowest BCUT2D eigenvalue weighted by Gasteiger charge is -2.35. The fourth-order valence-corrected chi connectivity index (χ4v) is 3.61. The fraction of sp³-hybridized carbons (Fsp3) is 0.417. The SMILES string of the molecule is CN(C)CCCNC(=O)C1(C)COC(c2nc(-c3ccc(F)cc3)c(-c3ccn[c]n3)[nH]2)OC1. The van der Waals surface area contributed by atoms with Gasteiger partial charge < -0.3 is 24.7 Å². The normalized spacial score (nSPS) is 20.4. The molecule has 179 valence electrons. The Balaban J connectivity index is 1.49. The van der Waals surface area contributed by atoms with Gasteiger partial charge in [0.1, 0.15) is 5.82 Å². The summed E-state index contributed by atoms with van der Waals surface area (Å²) >= 11 is 0. The molecule has 3 aromatic rings. The van der Waals surface area contributed by atoms with Gasteiger partial charge in [-0.1, -0.05) is 0 Å². The predicted octanol–water partition coefficient (Wildman–Crippen LogP) is 2.59. The molecule has 0 atom stereocenters. The number of aromatic nitrogens is 4. The van der Waals surface area contributed by atoms with E-state index in [-0.39, 0.29) is 24.9 Å². The van der Waals surface area contributed by atoms with Gasteiger partial charge in [0, 0.05) is 18.3 Å². The number of nitrogens with one attached hydrogen (secondary N) is 2. The van der Waals surface area contributed by atoms with Crippen molar-refractivity contribution in [2.45, 2.75) is 19.6 Å².